The minimum atomic E-state index is -0.121. The second-order valence-electron chi connectivity index (χ2n) is 7.19. The number of para-hydroxylation sites is 2. The maximum Gasteiger partial charge on any atom is 0.247 e. The zero-order valence-corrected chi connectivity index (χ0v) is 14.5. The number of nitrogens with zero attached hydrogens (tertiary/aromatic N) is 3. The summed E-state index contributed by atoms with van der Waals surface area (Å²) in [5.74, 6) is -0.0384. The fourth-order valence-electron chi connectivity index (χ4n) is 3.92. The zero-order chi connectivity index (χ0) is 17.6. The molecule has 0 atom stereocenters. The molecule has 25 heavy (non-hydrogen) atoms. The first kappa shape index (κ1) is 16.1. The van der Waals surface area contributed by atoms with E-state index in [0.29, 0.717) is 32.0 Å². The molecule has 0 N–H and O–H groups in total. The maximum absolute atomic E-state index is 13.1. The maximum atomic E-state index is 13.1. The summed E-state index contributed by atoms with van der Waals surface area (Å²) in [6.07, 6.45) is 3.41. The first-order chi connectivity index (χ1) is 12.1. The molecule has 132 valence electrons. The number of benzene rings is 1. The van der Waals surface area contributed by atoms with Crippen molar-refractivity contribution in [1.29, 1.82) is 0 Å². The molecule has 1 aliphatic carbocycles. The molecular weight excluding hydrogens is 318 g/mol. The molecule has 1 aromatic rings. The van der Waals surface area contributed by atoms with Crippen LogP contribution in [0, 0.1) is 5.92 Å². The number of hydrogen-bond acceptors (Lipinski definition) is 3. The van der Waals surface area contributed by atoms with Crippen molar-refractivity contribution in [3.8, 4) is 0 Å². The van der Waals surface area contributed by atoms with Gasteiger partial charge in [0.2, 0.25) is 17.7 Å². The number of rotatable bonds is 2. The van der Waals surface area contributed by atoms with Gasteiger partial charge in [-0.15, -0.1) is 0 Å². The summed E-state index contributed by atoms with van der Waals surface area (Å²) in [5, 5.41) is 0. The fourth-order valence-corrected chi connectivity index (χ4v) is 3.92. The highest BCUT2D eigenvalue weighted by Gasteiger charge is 2.41. The highest BCUT2D eigenvalue weighted by molar-refractivity contribution is 6.12. The van der Waals surface area contributed by atoms with E-state index in [4.69, 9.17) is 0 Å². The molecule has 0 aromatic heterocycles. The van der Waals surface area contributed by atoms with Crippen molar-refractivity contribution in [3.05, 3.63) is 24.3 Å². The van der Waals surface area contributed by atoms with Gasteiger partial charge >= 0.3 is 0 Å². The van der Waals surface area contributed by atoms with Gasteiger partial charge in [-0.2, -0.15) is 0 Å². The predicted octanol–water partition coefficient (Wildman–Crippen LogP) is 1.79. The number of hydrogen-bond donors (Lipinski definition) is 0. The number of amides is 3. The molecule has 2 fully saturated rings. The summed E-state index contributed by atoms with van der Waals surface area (Å²) < 4.78 is 0. The molecule has 0 bridgehead atoms. The molecule has 0 unspecified atom stereocenters. The van der Waals surface area contributed by atoms with Crippen molar-refractivity contribution in [2.24, 2.45) is 5.92 Å². The minimum Gasteiger partial charge on any atom is -0.343 e. The van der Waals surface area contributed by atoms with Crippen LogP contribution in [0.15, 0.2) is 24.3 Å². The summed E-state index contributed by atoms with van der Waals surface area (Å²) in [5.41, 5.74) is 1.70. The van der Waals surface area contributed by atoms with Crippen LogP contribution in [0.3, 0.4) is 0 Å². The van der Waals surface area contributed by atoms with E-state index in [1.54, 1.807) is 16.7 Å². The standard InChI is InChI=1S/C19H23N3O3/c1-13(23)20-10-8-14(9-11-20)19(25)21-12-18(24)22(15-6-7-15)17-5-3-2-4-16(17)21/h2-5,14-15H,6-12H2,1H3. The Kier molecular flexibility index (Phi) is 3.98. The third-order valence-electron chi connectivity index (χ3n) is 5.46. The SMILES string of the molecule is CC(=O)N1CCC(C(=O)N2CC(=O)N(C3CC3)c3ccccc32)CC1. The molecule has 2 aliphatic heterocycles. The topological polar surface area (TPSA) is 60.9 Å². The minimum absolute atomic E-state index is 0.00993. The Bertz CT molecular complexity index is 720. The third kappa shape index (κ3) is 2.90. The van der Waals surface area contributed by atoms with Crippen molar-refractivity contribution in [2.75, 3.05) is 29.4 Å². The van der Waals surface area contributed by atoms with Crippen molar-refractivity contribution in [3.63, 3.8) is 0 Å². The van der Waals surface area contributed by atoms with E-state index in [0.717, 1.165) is 24.2 Å². The van der Waals surface area contributed by atoms with Gasteiger partial charge in [0.1, 0.15) is 6.54 Å². The average molecular weight is 341 g/mol. The van der Waals surface area contributed by atoms with Crippen molar-refractivity contribution >= 4 is 29.1 Å². The van der Waals surface area contributed by atoms with Crippen LogP contribution in [0.2, 0.25) is 0 Å². The van der Waals surface area contributed by atoms with E-state index in [2.05, 4.69) is 0 Å². The first-order valence-electron chi connectivity index (χ1n) is 9.04. The van der Waals surface area contributed by atoms with Gasteiger partial charge in [-0.25, -0.2) is 0 Å². The first-order valence-corrected chi connectivity index (χ1v) is 9.04. The van der Waals surface area contributed by atoms with Crippen molar-refractivity contribution < 1.29 is 14.4 Å². The van der Waals surface area contributed by atoms with E-state index < -0.39 is 0 Å². The average Bonchev–Trinajstić information content (AvgIpc) is 3.45. The smallest absolute Gasteiger partial charge is 0.247 e. The van der Waals surface area contributed by atoms with E-state index in [1.807, 2.05) is 29.2 Å². The Balaban J connectivity index is 1.56. The van der Waals surface area contributed by atoms with Crippen LogP contribution in [0.4, 0.5) is 11.4 Å². The molecule has 1 saturated carbocycles. The van der Waals surface area contributed by atoms with Crippen molar-refractivity contribution in [1.82, 2.24) is 4.90 Å². The van der Waals surface area contributed by atoms with E-state index in [9.17, 15) is 14.4 Å². The lowest BCUT2D eigenvalue weighted by atomic mass is 9.94. The molecule has 6 nitrogen and oxygen atoms in total. The molecule has 1 saturated heterocycles. The molecule has 0 spiro atoms. The van der Waals surface area contributed by atoms with Gasteiger partial charge in [0.15, 0.2) is 0 Å². The van der Waals surface area contributed by atoms with E-state index >= 15 is 0 Å². The molecule has 6 heteroatoms. The summed E-state index contributed by atoms with van der Waals surface area (Å²) in [6, 6.07) is 7.99. The molecule has 4 rings (SSSR count). The number of anilines is 2. The normalized spacial score (nSPS) is 21.3. The number of piperidine rings is 1. The molecule has 3 amide bonds. The predicted molar refractivity (Wildman–Crippen MR) is 94.3 cm³/mol. The van der Waals surface area contributed by atoms with Gasteiger partial charge in [-0.1, -0.05) is 12.1 Å². The lowest BCUT2D eigenvalue weighted by molar-refractivity contribution is -0.133. The second-order valence-corrected chi connectivity index (χ2v) is 7.19. The van der Waals surface area contributed by atoms with Crippen LogP contribution in [0.25, 0.3) is 0 Å². The van der Waals surface area contributed by atoms with Crippen LogP contribution in [0.5, 0.6) is 0 Å². The van der Waals surface area contributed by atoms with Gasteiger partial charge in [-0.3, -0.25) is 14.4 Å². The Labute approximate surface area is 147 Å². The number of carbonyl (C=O) groups is 3. The van der Waals surface area contributed by atoms with Crippen LogP contribution in [-0.4, -0.2) is 48.3 Å². The van der Waals surface area contributed by atoms with Gasteiger partial charge in [0.25, 0.3) is 0 Å². The molecule has 1 aromatic carbocycles. The second kappa shape index (κ2) is 6.17. The summed E-state index contributed by atoms with van der Waals surface area (Å²) >= 11 is 0. The quantitative estimate of drug-likeness (QED) is 0.824. The Morgan fingerprint density at radius 3 is 2.24 bits per heavy atom. The van der Waals surface area contributed by atoms with Crippen molar-refractivity contribution in [2.45, 2.75) is 38.6 Å². The highest BCUT2D eigenvalue weighted by Crippen LogP contribution is 2.41. The van der Waals surface area contributed by atoms with Crippen LogP contribution < -0.4 is 9.80 Å². The zero-order valence-electron chi connectivity index (χ0n) is 14.5. The van der Waals surface area contributed by atoms with Gasteiger partial charge < -0.3 is 14.7 Å². The van der Waals surface area contributed by atoms with Gasteiger partial charge in [0.05, 0.1) is 11.4 Å². The van der Waals surface area contributed by atoms with Crippen LogP contribution >= 0.6 is 0 Å². The number of likely N-dealkylation sites (tertiary alicyclic amines) is 1. The Morgan fingerprint density at radius 1 is 1.00 bits per heavy atom. The molecule has 2 heterocycles. The van der Waals surface area contributed by atoms with Gasteiger partial charge in [-0.05, 0) is 37.8 Å². The third-order valence-corrected chi connectivity index (χ3v) is 5.46. The van der Waals surface area contributed by atoms with Crippen LogP contribution in [-0.2, 0) is 14.4 Å². The summed E-state index contributed by atoms with van der Waals surface area (Å²) in [7, 11) is 0. The lowest BCUT2D eigenvalue weighted by Crippen LogP contribution is -2.52. The van der Waals surface area contributed by atoms with E-state index in [1.165, 1.54) is 0 Å². The van der Waals surface area contributed by atoms with Gasteiger partial charge in [0, 0.05) is 32.0 Å². The molecule has 3 aliphatic rings. The summed E-state index contributed by atoms with van der Waals surface area (Å²) in [4.78, 5) is 42.5. The fraction of sp³-hybridized carbons (Fsp3) is 0.526. The monoisotopic (exact) mass is 341 g/mol. The molecule has 0 radical (unpaired) electrons. The largest absolute Gasteiger partial charge is 0.343 e. The highest BCUT2D eigenvalue weighted by atomic mass is 16.2. The Hall–Kier alpha value is -2.37. The van der Waals surface area contributed by atoms with E-state index in [-0.39, 0.29) is 30.2 Å². The van der Waals surface area contributed by atoms with Crippen LogP contribution in [0.1, 0.15) is 32.6 Å². The number of carbonyl (C=O) groups excluding carboxylic acids is 3. The Morgan fingerprint density at radius 2 is 1.64 bits per heavy atom. The lowest BCUT2D eigenvalue weighted by Gasteiger charge is -2.39. The number of fused-ring (bicyclic) bond motifs is 1. The molecular formula is C19H23N3O3. The summed E-state index contributed by atoms with van der Waals surface area (Å²) in [6.45, 7) is 2.92.